The summed E-state index contributed by atoms with van der Waals surface area (Å²) in [5, 5.41) is 3.11. The van der Waals surface area contributed by atoms with Crippen LogP contribution < -0.4 is 11.1 Å². The van der Waals surface area contributed by atoms with Gasteiger partial charge < -0.3 is 15.8 Å². The van der Waals surface area contributed by atoms with Crippen LogP contribution in [-0.2, 0) is 9.53 Å². The van der Waals surface area contributed by atoms with Crippen molar-refractivity contribution < 1.29 is 9.53 Å². The predicted molar refractivity (Wildman–Crippen MR) is 73.2 cm³/mol. The van der Waals surface area contributed by atoms with Crippen molar-refractivity contribution in [3.63, 3.8) is 0 Å². The van der Waals surface area contributed by atoms with Crippen molar-refractivity contribution in [1.82, 2.24) is 5.32 Å². The average Bonchev–Trinajstić information content (AvgIpc) is 2.34. The molecule has 0 saturated heterocycles. The Hall–Kier alpha value is -0.610. The van der Waals surface area contributed by atoms with Gasteiger partial charge in [-0.2, -0.15) is 0 Å². The lowest BCUT2D eigenvalue weighted by atomic mass is 9.58. The molecule has 18 heavy (non-hydrogen) atoms. The molecule has 1 rings (SSSR count). The molecule has 0 aromatic heterocycles. The van der Waals surface area contributed by atoms with Gasteiger partial charge in [-0.05, 0) is 25.2 Å². The number of ether oxygens (including phenoxy) is 1. The maximum atomic E-state index is 12.0. The van der Waals surface area contributed by atoms with Gasteiger partial charge in [0, 0.05) is 18.6 Å². The zero-order valence-corrected chi connectivity index (χ0v) is 12.3. The van der Waals surface area contributed by atoms with E-state index in [0.29, 0.717) is 0 Å². The normalized spacial score (nSPS) is 27.7. The maximum Gasteiger partial charge on any atom is 0.237 e. The number of carbonyl (C=O) groups excluding carboxylic acids is 1. The van der Waals surface area contributed by atoms with Gasteiger partial charge in [0.25, 0.3) is 0 Å². The average molecular weight is 256 g/mol. The minimum absolute atomic E-state index is 0.0316. The van der Waals surface area contributed by atoms with Gasteiger partial charge in [-0.3, -0.25) is 4.79 Å². The highest BCUT2D eigenvalue weighted by atomic mass is 16.5. The summed E-state index contributed by atoms with van der Waals surface area (Å²) >= 11 is 0. The number of nitrogens with one attached hydrogen (secondary N) is 1. The van der Waals surface area contributed by atoms with Crippen LogP contribution in [0.1, 0.15) is 47.0 Å². The van der Waals surface area contributed by atoms with Crippen LogP contribution >= 0.6 is 0 Å². The number of carbonyl (C=O) groups is 1. The van der Waals surface area contributed by atoms with Crippen LogP contribution in [0, 0.1) is 11.3 Å². The zero-order chi connectivity index (χ0) is 13.9. The number of hydrogen-bond acceptors (Lipinski definition) is 3. The second-order valence-electron chi connectivity index (χ2n) is 5.73. The highest BCUT2D eigenvalue weighted by molar-refractivity contribution is 5.82. The molecular formula is C14H28N2O2. The van der Waals surface area contributed by atoms with E-state index in [9.17, 15) is 4.79 Å². The van der Waals surface area contributed by atoms with Crippen LogP contribution in [0.5, 0.6) is 0 Å². The van der Waals surface area contributed by atoms with E-state index in [1.165, 1.54) is 0 Å². The van der Waals surface area contributed by atoms with Gasteiger partial charge >= 0.3 is 0 Å². The number of methoxy groups -OCH3 is 1. The first-order valence-electron chi connectivity index (χ1n) is 7.01. The molecule has 1 aliphatic rings. The Kier molecular flexibility index (Phi) is 5.17. The van der Waals surface area contributed by atoms with E-state index in [1.54, 1.807) is 7.11 Å². The monoisotopic (exact) mass is 256 g/mol. The minimum atomic E-state index is -0.419. The third-order valence-corrected chi connectivity index (χ3v) is 4.72. The largest absolute Gasteiger partial charge is 0.381 e. The molecule has 2 unspecified atom stereocenters. The van der Waals surface area contributed by atoms with Crippen molar-refractivity contribution in [3.8, 4) is 0 Å². The van der Waals surface area contributed by atoms with Crippen LogP contribution in [0.2, 0.25) is 0 Å². The standard InChI is InChI=1S/C14H28N2O2/c1-6-14(7-2)10(8-11(14)18-5)16-13(17)12(15)9(3)4/h9-12H,6-8,15H2,1-5H3,(H,16,17)/t10?,11?,12-/m0/s1. The zero-order valence-electron chi connectivity index (χ0n) is 12.3. The molecule has 106 valence electrons. The summed E-state index contributed by atoms with van der Waals surface area (Å²) in [6.07, 6.45) is 3.19. The fourth-order valence-corrected chi connectivity index (χ4v) is 3.05. The Bertz CT molecular complexity index is 288. The molecule has 0 spiro atoms. The molecular weight excluding hydrogens is 228 g/mol. The lowest BCUT2D eigenvalue weighted by molar-refractivity contribution is -0.142. The second-order valence-corrected chi connectivity index (χ2v) is 5.73. The Labute approximate surface area is 111 Å². The van der Waals surface area contributed by atoms with Crippen molar-refractivity contribution in [1.29, 1.82) is 0 Å². The number of amides is 1. The molecule has 0 heterocycles. The smallest absolute Gasteiger partial charge is 0.237 e. The predicted octanol–water partition coefficient (Wildman–Crippen LogP) is 1.68. The summed E-state index contributed by atoms with van der Waals surface area (Å²) in [6, 6.07) is -0.215. The van der Waals surface area contributed by atoms with Crippen LogP contribution in [-0.4, -0.2) is 31.2 Å². The maximum absolute atomic E-state index is 12.0. The third kappa shape index (κ3) is 2.54. The fraction of sp³-hybridized carbons (Fsp3) is 0.929. The molecule has 4 heteroatoms. The van der Waals surface area contributed by atoms with E-state index >= 15 is 0 Å². The molecule has 1 aliphatic carbocycles. The van der Waals surface area contributed by atoms with E-state index in [2.05, 4.69) is 19.2 Å². The minimum Gasteiger partial charge on any atom is -0.381 e. The van der Waals surface area contributed by atoms with Crippen LogP contribution in [0.25, 0.3) is 0 Å². The molecule has 1 amide bonds. The summed E-state index contributed by atoms with van der Waals surface area (Å²) < 4.78 is 5.52. The van der Waals surface area contributed by atoms with Crippen LogP contribution in [0.3, 0.4) is 0 Å². The van der Waals surface area contributed by atoms with E-state index in [4.69, 9.17) is 10.5 Å². The van der Waals surface area contributed by atoms with E-state index in [0.717, 1.165) is 19.3 Å². The first-order chi connectivity index (χ1) is 8.42. The molecule has 0 aromatic carbocycles. The number of hydrogen-bond donors (Lipinski definition) is 2. The van der Waals surface area contributed by atoms with E-state index in [-0.39, 0.29) is 29.4 Å². The van der Waals surface area contributed by atoms with Gasteiger partial charge in [0.1, 0.15) is 0 Å². The lowest BCUT2D eigenvalue weighted by Crippen LogP contribution is -2.65. The molecule has 0 aliphatic heterocycles. The highest BCUT2D eigenvalue weighted by Crippen LogP contribution is 2.48. The van der Waals surface area contributed by atoms with Crippen molar-refractivity contribution in [2.24, 2.45) is 17.1 Å². The Morgan fingerprint density at radius 1 is 1.44 bits per heavy atom. The van der Waals surface area contributed by atoms with Crippen molar-refractivity contribution in [2.45, 2.75) is 65.1 Å². The van der Waals surface area contributed by atoms with Gasteiger partial charge in [0.15, 0.2) is 0 Å². The van der Waals surface area contributed by atoms with Gasteiger partial charge in [-0.15, -0.1) is 0 Å². The first kappa shape index (κ1) is 15.4. The molecule has 4 nitrogen and oxygen atoms in total. The van der Waals surface area contributed by atoms with Crippen molar-refractivity contribution in [2.75, 3.05) is 7.11 Å². The summed E-state index contributed by atoms with van der Waals surface area (Å²) in [5.74, 6) is 0.136. The van der Waals surface area contributed by atoms with E-state index < -0.39 is 6.04 Å². The summed E-state index contributed by atoms with van der Waals surface area (Å²) in [5.41, 5.74) is 5.97. The summed E-state index contributed by atoms with van der Waals surface area (Å²) in [6.45, 7) is 8.26. The summed E-state index contributed by atoms with van der Waals surface area (Å²) in [7, 11) is 1.75. The molecule has 0 radical (unpaired) electrons. The molecule has 3 atom stereocenters. The lowest BCUT2D eigenvalue weighted by Gasteiger charge is -2.55. The summed E-state index contributed by atoms with van der Waals surface area (Å²) in [4.78, 5) is 12.0. The Morgan fingerprint density at radius 2 is 2.00 bits per heavy atom. The van der Waals surface area contributed by atoms with Crippen molar-refractivity contribution >= 4 is 5.91 Å². The number of nitrogens with two attached hydrogens (primary N) is 1. The molecule has 1 saturated carbocycles. The van der Waals surface area contributed by atoms with Crippen LogP contribution in [0.4, 0.5) is 0 Å². The molecule has 0 aromatic rings. The van der Waals surface area contributed by atoms with Crippen molar-refractivity contribution in [3.05, 3.63) is 0 Å². The van der Waals surface area contributed by atoms with Gasteiger partial charge in [0.2, 0.25) is 5.91 Å². The number of rotatable bonds is 6. The topological polar surface area (TPSA) is 64.4 Å². The first-order valence-corrected chi connectivity index (χ1v) is 7.01. The Morgan fingerprint density at radius 3 is 2.39 bits per heavy atom. The molecule has 3 N–H and O–H groups in total. The molecule has 0 bridgehead atoms. The fourth-order valence-electron chi connectivity index (χ4n) is 3.05. The third-order valence-electron chi connectivity index (χ3n) is 4.72. The quantitative estimate of drug-likeness (QED) is 0.760. The second kappa shape index (κ2) is 6.02. The molecule has 1 fully saturated rings. The SMILES string of the molecule is CCC1(CC)C(NC(=O)[C@@H](N)C(C)C)CC1OC. The van der Waals surface area contributed by atoms with Gasteiger partial charge in [-0.25, -0.2) is 0 Å². The van der Waals surface area contributed by atoms with Gasteiger partial charge in [0.05, 0.1) is 12.1 Å². The van der Waals surface area contributed by atoms with Gasteiger partial charge in [-0.1, -0.05) is 27.7 Å². The van der Waals surface area contributed by atoms with E-state index in [1.807, 2.05) is 13.8 Å². The Balaban J connectivity index is 2.66. The van der Waals surface area contributed by atoms with Crippen LogP contribution in [0.15, 0.2) is 0 Å². The highest BCUT2D eigenvalue weighted by Gasteiger charge is 2.53.